The Morgan fingerprint density at radius 1 is 0.350 bits per heavy atom. The van der Waals surface area contributed by atoms with Gasteiger partial charge in [-0.05, 0) is 0 Å². The number of amides is 8. The van der Waals surface area contributed by atoms with E-state index < -0.39 is 24.1 Å². The van der Waals surface area contributed by atoms with Gasteiger partial charge >= 0.3 is 24.1 Å². The first-order valence-electron chi connectivity index (χ1n) is 3.13. The Bertz CT molecular complexity index is 179. The number of carbonyl (C=O) groups excluding carboxylic acids is 4. The van der Waals surface area contributed by atoms with Crippen LogP contribution in [0.5, 0.6) is 0 Å². The fraction of sp³-hybridized carbons (Fsp3) is 0. The van der Waals surface area contributed by atoms with Gasteiger partial charge < -0.3 is 45.9 Å². The lowest BCUT2D eigenvalue weighted by Crippen LogP contribution is -2.18. The van der Waals surface area contributed by atoms with Gasteiger partial charge in [0.25, 0.3) is 0 Å². The first-order valence-corrected chi connectivity index (χ1v) is 3.13. The summed E-state index contributed by atoms with van der Waals surface area (Å²) in [6.45, 7) is 0. The van der Waals surface area contributed by atoms with Crippen LogP contribution in [0, 0.1) is 0 Å². The molecule has 0 radical (unpaired) electrons. The molecule has 0 aromatic heterocycles. The van der Waals surface area contributed by atoms with Crippen molar-refractivity contribution < 1.29 is 19.2 Å². The molecule has 20 heavy (non-hydrogen) atoms. The number of hydrogen-bond donors (Lipinski definition) is 8. The summed E-state index contributed by atoms with van der Waals surface area (Å²) in [4.78, 5) is 36.0. The third kappa shape index (κ3) is 4350. The number of primary amides is 8. The fourth-order valence-electron chi connectivity index (χ4n) is 0. The second kappa shape index (κ2) is 43.0. The molecule has 0 atom stereocenters. The van der Waals surface area contributed by atoms with Gasteiger partial charge in [0, 0.05) is 0 Å². The molecule has 12 nitrogen and oxygen atoms in total. The zero-order valence-corrected chi connectivity index (χ0v) is 16.7. The van der Waals surface area contributed by atoms with Crippen LogP contribution < -0.4 is 45.9 Å². The average Bonchev–Trinajstić information content (AvgIpc) is 1.76. The predicted octanol–water partition coefficient (Wildman–Crippen LogP) is -1.59. The van der Waals surface area contributed by atoms with Crippen molar-refractivity contribution >= 4 is 92.1 Å². The van der Waals surface area contributed by atoms with Gasteiger partial charge in [-0.25, -0.2) is 19.2 Å². The van der Waals surface area contributed by atoms with E-state index in [2.05, 4.69) is 45.9 Å². The third-order valence-electron chi connectivity index (χ3n) is 0. The van der Waals surface area contributed by atoms with Crippen LogP contribution in [0.25, 0.3) is 0 Å². The normalized spacial score (nSPS) is 4.80. The van der Waals surface area contributed by atoms with Crippen molar-refractivity contribution in [2.24, 2.45) is 45.9 Å². The fourth-order valence-corrected chi connectivity index (χ4v) is 0. The molecule has 16 heteroatoms. The van der Waals surface area contributed by atoms with Crippen LogP contribution in [0.15, 0.2) is 0 Å². The maximum Gasteiger partial charge on any atom is 0.309 e. The van der Waals surface area contributed by atoms with Gasteiger partial charge in [0.2, 0.25) is 0 Å². The van der Waals surface area contributed by atoms with Crippen molar-refractivity contribution in [3.63, 3.8) is 0 Å². The maximum absolute atomic E-state index is 9.00. The highest BCUT2D eigenvalue weighted by Crippen LogP contribution is 1.26. The zero-order chi connectivity index (χ0) is 14.3. The van der Waals surface area contributed by atoms with E-state index in [9.17, 15) is 0 Å². The Morgan fingerprint density at radius 2 is 0.350 bits per heavy atom. The van der Waals surface area contributed by atoms with Crippen LogP contribution in [0.3, 0.4) is 0 Å². The largest absolute Gasteiger partial charge is 0.352 e. The molecule has 0 bridgehead atoms. The first-order chi connectivity index (χ1) is 6.93. The Balaban J connectivity index is -0.0000000150. The number of hydrogen-bond acceptors (Lipinski definition) is 4. The molecule has 0 unspecified atom stereocenters. The van der Waals surface area contributed by atoms with Crippen molar-refractivity contribution in [2.75, 3.05) is 0 Å². The van der Waals surface area contributed by atoms with E-state index in [1.54, 1.807) is 0 Å². The van der Waals surface area contributed by atoms with Gasteiger partial charge in [0.1, 0.15) is 0 Å². The standard InChI is InChI=1S/4CH4N2O.4BrH/c4*2-1(3)4;;;;/h4*(H4,2,3,4);4*1H. The average molecular weight is 564 g/mol. The van der Waals surface area contributed by atoms with Gasteiger partial charge in [0.05, 0.1) is 0 Å². The predicted molar refractivity (Wildman–Crippen MR) is 96.4 cm³/mol. The maximum atomic E-state index is 9.00. The minimum absolute atomic E-state index is 0. The summed E-state index contributed by atoms with van der Waals surface area (Å²) < 4.78 is 0. The molecular weight excluding hydrogens is 544 g/mol. The molecule has 0 saturated carbocycles. The molecule has 0 aliphatic heterocycles. The van der Waals surface area contributed by atoms with Gasteiger partial charge in [0.15, 0.2) is 0 Å². The van der Waals surface area contributed by atoms with Crippen LogP contribution in [0.1, 0.15) is 0 Å². The minimum atomic E-state index is -0.833. The van der Waals surface area contributed by atoms with Gasteiger partial charge in [-0.15, -0.1) is 67.9 Å². The summed E-state index contributed by atoms with van der Waals surface area (Å²) in [6.07, 6.45) is 0. The number of rotatable bonds is 0. The topological polar surface area (TPSA) is 276 Å². The molecule has 0 spiro atoms. The lowest BCUT2D eigenvalue weighted by molar-refractivity contribution is 0.255. The number of nitrogens with two attached hydrogens (primary N) is 8. The number of halogens is 4. The summed E-state index contributed by atoms with van der Waals surface area (Å²) in [6, 6.07) is -3.33. The van der Waals surface area contributed by atoms with E-state index in [-0.39, 0.29) is 67.9 Å². The highest BCUT2D eigenvalue weighted by molar-refractivity contribution is 8.93. The monoisotopic (exact) mass is 560 g/mol. The second-order valence-corrected chi connectivity index (χ2v) is 1.61. The summed E-state index contributed by atoms with van der Waals surface area (Å²) in [7, 11) is 0. The van der Waals surface area contributed by atoms with Crippen LogP contribution in [-0.4, -0.2) is 24.1 Å². The Hall–Kier alpha value is -1.00. The molecule has 128 valence electrons. The van der Waals surface area contributed by atoms with Crippen molar-refractivity contribution in [1.29, 1.82) is 0 Å². The smallest absolute Gasteiger partial charge is 0.309 e. The molecule has 0 aromatic rings. The van der Waals surface area contributed by atoms with Crippen molar-refractivity contribution in [2.45, 2.75) is 0 Å². The molecule has 0 fully saturated rings. The second-order valence-electron chi connectivity index (χ2n) is 1.61. The van der Waals surface area contributed by atoms with Crippen molar-refractivity contribution in [3.8, 4) is 0 Å². The molecule has 8 amide bonds. The summed E-state index contributed by atoms with van der Waals surface area (Å²) >= 11 is 0. The van der Waals surface area contributed by atoms with Crippen molar-refractivity contribution in [3.05, 3.63) is 0 Å². The van der Waals surface area contributed by atoms with Crippen LogP contribution >= 0.6 is 67.9 Å². The van der Waals surface area contributed by atoms with E-state index >= 15 is 0 Å². The van der Waals surface area contributed by atoms with E-state index in [0.29, 0.717) is 0 Å². The molecule has 0 heterocycles. The Labute approximate surface area is 156 Å². The molecule has 0 rings (SSSR count). The van der Waals surface area contributed by atoms with Crippen LogP contribution in [-0.2, 0) is 0 Å². The molecule has 0 saturated heterocycles. The number of carbonyl (C=O) groups is 4. The molecule has 0 aromatic carbocycles. The zero-order valence-electron chi connectivity index (χ0n) is 9.88. The van der Waals surface area contributed by atoms with Crippen LogP contribution in [0.2, 0.25) is 0 Å². The highest BCUT2D eigenvalue weighted by atomic mass is 79.9. The third-order valence-corrected chi connectivity index (χ3v) is 0. The van der Waals surface area contributed by atoms with Gasteiger partial charge in [-0.1, -0.05) is 0 Å². The Kier molecular flexibility index (Phi) is 109. The summed E-state index contributed by atoms with van der Waals surface area (Å²) in [5.41, 5.74) is 34.0. The van der Waals surface area contributed by atoms with Gasteiger partial charge in [-0.2, -0.15) is 0 Å². The van der Waals surface area contributed by atoms with E-state index in [4.69, 9.17) is 19.2 Å². The lowest BCUT2D eigenvalue weighted by atomic mass is 11.2. The quantitative estimate of drug-likeness (QED) is 0.173. The Morgan fingerprint density at radius 3 is 0.350 bits per heavy atom. The molecular formula is C4H20Br4N8O4. The first kappa shape index (κ1) is 50.9. The summed E-state index contributed by atoms with van der Waals surface area (Å²) in [5.74, 6) is 0. The van der Waals surface area contributed by atoms with E-state index in [1.807, 2.05) is 0 Å². The molecule has 0 aliphatic rings. The molecule has 0 aliphatic carbocycles. The highest BCUT2D eigenvalue weighted by Gasteiger charge is 1.61. The van der Waals surface area contributed by atoms with E-state index in [1.165, 1.54) is 0 Å². The van der Waals surface area contributed by atoms with Crippen LogP contribution in [0.4, 0.5) is 19.2 Å². The minimum Gasteiger partial charge on any atom is -0.352 e. The van der Waals surface area contributed by atoms with Crippen molar-refractivity contribution in [1.82, 2.24) is 0 Å². The SMILES string of the molecule is Br.Br.Br.Br.NC(N)=O.NC(N)=O.NC(N)=O.NC(N)=O. The van der Waals surface area contributed by atoms with Gasteiger partial charge in [-0.3, -0.25) is 0 Å². The van der Waals surface area contributed by atoms with E-state index in [0.717, 1.165) is 0 Å². The number of urea groups is 4. The molecule has 16 N–H and O–H groups in total. The lowest BCUT2D eigenvalue weighted by Gasteiger charge is -1.62. The summed E-state index contributed by atoms with van der Waals surface area (Å²) in [5, 5.41) is 0.